The minimum atomic E-state index is -0.781. The van der Waals surface area contributed by atoms with E-state index in [1.54, 1.807) is 26.1 Å². The van der Waals surface area contributed by atoms with E-state index in [9.17, 15) is 29.1 Å². The van der Waals surface area contributed by atoms with Gasteiger partial charge in [-0.15, -0.1) is 0 Å². The zero-order chi connectivity index (χ0) is 49.1. The number of hydrogen-bond acceptors (Lipinski definition) is 12. The van der Waals surface area contributed by atoms with Gasteiger partial charge >= 0.3 is 0 Å². The Labute approximate surface area is 391 Å². The SMILES string of the molecule is CCCC.COC(CC(=O)N1CCC[C@H]1C(OC)[C@@H](C)C(=O)C[C@H](C)[C@@H](O)c1ccccc1)CN(C)C(=O)[C@@H](CC(=O)[C@H](C(C)C)N(C)C(=O)CCOCCOCCOCCN)C(C)C. The number of aliphatic hydroxyl groups is 1. The quantitative estimate of drug-likeness (QED) is 0.0837. The highest BCUT2D eigenvalue weighted by atomic mass is 16.5. The lowest BCUT2D eigenvalue weighted by atomic mass is 9.85. The van der Waals surface area contributed by atoms with Gasteiger partial charge in [0.25, 0.3) is 0 Å². The predicted molar refractivity (Wildman–Crippen MR) is 254 cm³/mol. The van der Waals surface area contributed by atoms with E-state index in [1.165, 1.54) is 29.8 Å². The molecule has 1 saturated heterocycles. The van der Waals surface area contributed by atoms with Crippen molar-refractivity contribution < 1.29 is 52.8 Å². The molecule has 1 fully saturated rings. The van der Waals surface area contributed by atoms with Crippen molar-refractivity contribution in [3.05, 3.63) is 35.9 Å². The maximum atomic E-state index is 14.0. The molecule has 0 saturated carbocycles. The fraction of sp³-hybridized carbons (Fsp3) is 0.780. The van der Waals surface area contributed by atoms with Gasteiger partial charge in [-0.3, -0.25) is 24.0 Å². The summed E-state index contributed by atoms with van der Waals surface area (Å²) in [6, 6.07) is 8.24. The molecule has 1 aromatic carbocycles. The van der Waals surface area contributed by atoms with Crippen molar-refractivity contribution in [2.45, 2.75) is 137 Å². The molecule has 0 bridgehead atoms. The van der Waals surface area contributed by atoms with E-state index >= 15 is 0 Å². The van der Waals surface area contributed by atoms with Gasteiger partial charge in [0.15, 0.2) is 5.78 Å². The van der Waals surface area contributed by atoms with E-state index in [0.29, 0.717) is 52.5 Å². The van der Waals surface area contributed by atoms with Crippen LogP contribution in [0.5, 0.6) is 0 Å². The lowest BCUT2D eigenvalue weighted by molar-refractivity contribution is -0.145. The number of unbranched alkanes of at least 4 members (excludes halogenated alkanes) is 1. The number of Topliss-reactive ketones (excluding diaryl/α,β-unsaturated/α-hetero) is 2. The maximum absolute atomic E-state index is 14.0. The molecule has 2 unspecified atom stereocenters. The number of nitrogens with two attached hydrogens (primary N) is 1. The van der Waals surface area contributed by atoms with Gasteiger partial charge in [-0.1, -0.05) is 98.6 Å². The van der Waals surface area contributed by atoms with Gasteiger partial charge in [-0.05, 0) is 36.2 Å². The van der Waals surface area contributed by atoms with Crippen LogP contribution in [0.3, 0.4) is 0 Å². The van der Waals surface area contributed by atoms with Crippen molar-refractivity contribution in [1.82, 2.24) is 14.7 Å². The van der Waals surface area contributed by atoms with Crippen LogP contribution in [0.15, 0.2) is 30.3 Å². The molecule has 65 heavy (non-hydrogen) atoms. The van der Waals surface area contributed by atoms with Crippen molar-refractivity contribution >= 4 is 29.3 Å². The molecule has 15 nitrogen and oxygen atoms in total. The number of likely N-dealkylation sites (N-methyl/N-ethyl adjacent to an activating group) is 2. The minimum Gasteiger partial charge on any atom is -0.388 e. The number of rotatable bonds is 32. The van der Waals surface area contributed by atoms with E-state index in [4.69, 9.17) is 29.4 Å². The minimum absolute atomic E-state index is 0.0121. The molecule has 8 atom stereocenters. The van der Waals surface area contributed by atoms with Crippen molar-refractivity contribution in [3.63, 3.8) is 0 Å². The van der Waals surface area contributed by atoms with Crippen molar-refractivity contribution in [1.29, 1.82) is 0 Å². The molecule has 374 valence electrons. The Bertz CT molecular complexity index is 1500. The Morgan fingerprint density at radius 2 is 1.37 bits per heavy atom. The van der Waals surface area contributed by atoms with Crippen LogP contribution in [-0.4, -0.2) is 161 Å². The second kappa shape index (κ2) is 33.2. The zero-order valence-corrected chi connectivity index (χ0v) is 42.1. The maximum Gasteiger partial charge on any atom is 0.226 e. The highest BCUT2D eigenvalue weighted by molar-refractivity contribution is 5.92. The van der Waals surface area contributed by atoms with Gasteiger partial charge in [-0.25, -0.2) is 0 Å². The fourth-order valence-corrected chi connectivity index (χ4v) is 8.22. The monoisotopic (exact) mass is 921 g/mol. The molecular weight excluding hydrogens is 833 g/mol. The molecule has 0 radical (unpaired) electrons. The van der Waals surface area contributed by atoms with E-state index in [0.717, 1.165) is 12.0 Å². The number of benzene rings is 1. The summed E-state index contributed by atoms with van der Waals surface area (Å²) < 4.78 is 27.9. The molecule has 3 amide bonds. The predicted octanol–water partition coefficient (Wildman–Crippen LogP) is 5.74. The van der Waals surface area contributed by atoms with Crippen LogP contribution in [0.25, 0.3) is 0 Å². The van der Waals surface area contributed by atoms with E-state index in [-0.39, 0.29) is 91.9 Å². The lowest BCUT2D eigenvalue weighted by Gasteiger charge is -2.35. The third-order valence-electron chi connectivity index (χ3n) is 12.3. The van der Waals surface area contributed by atoms with E-state index < -0.39 is 36.2 Å². The van der Waals surface area contributed by atoms with Crippen LogP contribution in [-0.2, 0) is 47.7 Å². The van der Waals surface area contributed by atoms with Crippen LogP contribution in [0.4, 0.5) is 0 Å². The Balaban J connectivity index is 0.00000505. The first kappa shape index (κ1) is 59.7. The van der Waals surface area contributed by atoms with E-state index in [2.05, 4.69) is 13.8 Å². The van der Waals surface area contributed by atoms with Gasteiger partial charge in [0.1, 0.15) is 5.78 Å². The third kappa shape index (κ3) is 21.0. The standard InChI is InChI=1S/C46H78N4O11.C4H10/c1-31(2)37(29-40(52)43(32(3)4)49(8)41(53)18-21-59-23-25-61-26-24-60-22-19-47)46(56)48(7)30-36(57-9)28-42(54)50-20-14-17-38(50)45(58-10)34(6)39(51)27-33(5)44(55)35-15-12-11-13-16-35;1-3-4-2/h11-13,15-16,31-34,36-38,43-45,55H,14,17-30,47H2,1-10H3;3-4H2,1-2H3/t33-,34-,36?,37-,38-,43-,44+,45?;/m0./s1. The summed E-state index contributed by atoms with van der Waals surface area (Å²) in [5.74, 6) is -2.70. The molecule has 0 aromatic heterocycles. The Kier molecular flexibility index (Phi) is 30.5. The highest BCUT2D eigenvalue weighted by Crippen LogP contribution is 2.31. The smallest absolute Gasteiger partial charge is 0.226 e. The zero-order valence-electron chi connectivity index (χ0n) is 42.1. The van der Waals surface area contributed by atoms with Gasteiger partial charge < -0.3 is 49.2 Å². The number of carbonyl (C=O) groups excluding carboxylic acids is 5. The first-order valence-corrected chi connectivity index (χ1v) is 24.0. The van der Waals surface area contributed by atoms with Crippen LogP contribution in [0.1, 0.15) is 118 Å². The molecule has 15 heteroatoms. The summed E-state index contributed by atoms with van der Waals surface area (Å²) in [7, 11) is 6.33. The summed E-state index contributed by atoms with van der Waals surface area (Å²) in [6.45, 7) is 18.9. The Morgan fingerprint density at radius 3 is 1.89 bits per heavy atom. The van der Waals surface area contributed by atoms with Gasteiger partial charge in [0.05, 0.1) is 82.9 Å². The fourth-order valence-electron chi connectivity index (χ4n) is 8.22. The summed E-state index contributed by atoms with van der Waals surface area (Å²) in [6.07, 6.45) is 2.37. The largest absolute Gasteiger partial charge is 0.388 e. The number of ketones is 2. The summed E-state index contributed by atoms with van der Waals surface area (Å²) in [5, 5.41) is 10.9. The normalized spacial score (nSPS) is 17.1. The summed E-state index contributed by atoms with van der Waals surface area (Å²) in [5.41, 5.74) is 6.15. The molecule has 3 N–H and O–H groups in total. The Hall–Kier alpha value is -3.31. The molecule has 1 aliphatic rings. The van der Waals surface area contributed by atoms with Crippen LogP contribution in [0.2, 0.25) is 0 Å². The van der Waals surface area contributed by atoms with Gasteiger partial charge in [0.2, 0.25) is 17.7 Å². The first-order chi connectivity index (χ1) is 30.9. The number of amides is 3. The number of nitrogens with zero attached hydrogens (tertiary/aromatic N) is 3. The number of aliphatic hydroxyl groups excluding tert-OH is 1. The van der Waals surface area contributed by atoms with Crippen molar-refractivity contribution in [2.24, 2.45) is 35.3 Å². The molecule has 2 rings (SSSR count). The first-order valence-electron chi connectivity index (χ1n) is 24.0. The number of likely N-dealkylation sites (tertiary alicyclic amines) is 1. The van der Waals surface area contributed by atoms with Crippen LogP contribution < -0.4 is 5.73 Å². The molecule has 0 spiro atoms. The van der Waals surface area contributed by atoms with Gasteiger partial charge in [0, 0.05) is 72.6 Å². The second-order valence-corrected chi connectivity index (χ2v) is 18.2. The summed E-state index contributed by atoms with van der Waals surface area (Å²) >= 11 is 0. The molecule has 1 heterocycles. The molecule has 1 aliphatic heterocycles. The number of hydrogen-bond donors (Lipinski definition) is 2. The van der Waals surface area contributed by atoms with Crippen molar-refractivity contribution in [2.75, 3.05) is 87.6 Å². The van der Waals surface area contributed by atoms with Gasteiger partial charge in [-0.2, -0.15) is 0 Å². The molecule has 0 aliphatic carbocycles. The molecular formula is C50H88N4O11. The van der Waals surface area contributed by atoms with E-state index in [1.807, 2.05) is 71.9 Å². The number of methoxy groups -OCH3 is 2. The van der Waals surface area contributed by atoms with Crippen LogP contribution in [0, 0.1) is 29.6 Å². The Morgan fingerprint density at radius 1 is 0.785 bits per heavy atom. The topological polar surface area (TPSA) is 187 Å². The molecule has 1 aromatic rings. The third-order valence-corrected chi connectivity index (χ3v) is 12.3. The summed E-state index contributed by atoms with van der Waals surface area (Å²) in [4.78, 5) is 73.2. The number of ether oxygens (including phenoxy) is 5. The number of carbonyl (C=O) groups is 5. The average Bonchev–Trinajstić information content (AvgIpc) is 3.78. The lowest BCUT2D eigenvalue weighted by Crippen LogP contribution is -2.49. The second-order valence-electron chi connectivity index (χ2n) is 18.2. The average molecular weight is 921 g/mol. The van der Waals surface area contributed by atoms with Crippen LogP contribution >= 0.6 is 0 Å². The highest BCUT2D eigenvalue weighted by Gasteiger charge is 2.41. The van der Waals surface area contributed by atoms with Crippen molar-refractivity contribution in [3.8, 4) is 0 Å².